The summed E-state index contributed by atoms with van der Waals surface area (Å²) in [6.45, 7) is 9.11. The van der Waals surface area contributed by atoms with Gasteiger partial charge in [0.1, 0.15) is 6.04 Å². The number of hydrogen-bond acceptors (Lipinski definition) is 2. The van der Waals surface area contributed by atoms with Crippen LogP contribution in [0.5, 0.6) is 0 Å². The summed E-state index contributed by atoms with van der Waals surface area (Å²) in [7, 11) is 0. The van der Waals surface area contributed by atoms with Gasteiger partial charge >= 0.3 is 12.0 Å². The first kappa shape index (κ1) is 13.2. The van der Waals surface area contributed by atoms with Crippen molar-refractivity contribution >= 4 is 12.0 Å². The van der Waals surface area contributed by atoms with Crippen molar-refractivity contribution in [2.24, 2.45) is 0 Å². The van der Waals surface area contributed by atoms with Crippen LogP contribution in [-0.2, 0) is 4.79 Å². The van der Waals surface area contributed by atoms with E-state index in [1.807, 2.05) is 0 Å². The Morgan fingerprint density at radius 2 is 2.13 bits per heavy atom. The number of carbonyl (C=O) groups is 2. The predicted octanol–water partition coefficient (Wildman–Crippen LogP) is 0.891. The smallest absolute Gasteiger partial charge is 0.326 e. The largest absolute Gasteiger partial charge is 0.480 e. The van der Waals surface area contributed by atoms with Gasteiger partial charge in [-0.3, -0.25) is 0 Å². The monoisotopic (exact) mass is 212 g/mol. The molecule has 0 heterocycles. The molecule has 0 aromatic heterocycles. The van der Waals surface area contributed by atoms with E-state index in [9.17, 15) is 9.59 Å². The molecule has 0 saturated carbocycles. The van der Waals surface area contributed by atoms with E-state index < -0.39 is 18.0 Å². The lowest BCUT2D eigenvalue weighted by atomic mass is 10.2. The molecule has 5 nitrogen and oxygen atoms in total. The van der Waals surface area contributed by atoms with Gasteiger partial charge in [-0.05, 0) is 13.3 Å². The lowest BCUT2D eigenvalue weighted by Crippen LogP contribution is -2.46. The molecule has 0 radical (unpaired) electrons. The fourth-order valence-corrected chi connectivity index (χ4v) is 0.829. The number of carbonyl (C=O) groups excluding carboxylic acids is 1. The Kier molecular flexibility index (Phi) is 5.85. The molecule has 1 unspecified atom stereocenters. The Morgan fingerprint density at radius 3 is 2.53 bits per heavy atom. The molecule has 0 aliphatic rings. The fourth-order valence-electron chi connectivity index (χ4n) is 0.829. The third kappa shape index (κ3) is 6.31. The van der Waals surface area contributed by atoms with Crippen molar-refractivity contribution < 1.29 is 14.7 Å². The van der Waals surface area contributed by atoms with Gasteiger partial charge in [0.25, 0.3) is 0 Å². The molecule has 3 N–H and O–H groups in total. The van der Waals surface area contributed by atoms with Crippen LogP contribution in [0, 0.1) is 0 Å². The number of hydrogen-bond donors (Lipinski definition) is 3. The maximum atomic E-state index is 11.2. The maximum Gasteiger partial charge on any atom is 0.326 e. The molecule has 0 spiro atoms. The van der Waals surface area contributed by atoms with Crippen LogP contribution in [0.25, 0.3) is 0 Å². The van der Waals surface area contributed by atoms with Crippen LogP contribution in [-0.4, -0.2) is 29.7 Å². The summed E-state index contributed by atoms with van der Waals surface area (Å²) < 4.78 is 0. The highest BCUT2D eigenvalue weighted by Gasteiger charge is 2.17. The highest BCUT2D eigenvalue weighted by Crippen LogP contribution is 1.93. The van der Waals surface area contributed by atoms with Crippen molar-refractivity contribution in [1.29, 1.82) is 0 Å². The second-order valence-corrected chi connectivity index (χ2v) is 3.20. The number of carboxylic acids is 1. The lowest BCUT2D eigenvalue weighted by molar-refractivity contribution is -0.139. The molecular formula is C10H16N2O3. The molecular weight excluding hydrogens is 196 g/mol. The second-order valence-electron chi connectivity index (χ2n) is 3.20. The third-order valence-electron chi connectivity index (χ3n) is 1.56. The van der Waals surface area contributed by atoms with Crippen molar-refractivity contribution in [3.05, 3.63) is 24.8 Å². The van der Waals surface area contributed by atoms with E-state index in [0.29, 0.717) is 6.54 Å². The van der Waals surface area contributed by atoms with E-state index in [0.717, 1.165) is 5.57 Å². The SMILES string of the molecule is C=CCC(NC(=O)NCC(=C)C)C(=O)O. The second kappa shape index (κ2) is 6.64. The molecule has 84 valence electrons. The summed E-state index contributed by atoms with van der Waals surface area (Å²) in [5, 5.41) is 13.5. The van der Waals surface area contributed by atoms with Gasteiger partial charge < -0.3 is 15.7 Å². The van der Waals surface area contributed by atoms with Crippen LogP contribution in [0.1, 0.15) is 13.3 Å². The van der Waals surface area contributed by atoms with Crippen LogP contribution in [0.15, 0.2) is 24.8 Å². The van der Waals surface area contributed by atoms with Gasteiger partial charge in [0.05, 0.1) is 0 Å². The Hall–Kier alpha value is -1.78. The molecule has 0 rings (SSSR count). The Bertz CT molecular complexity index is 274. The molecule has 0 bridgehead atoms. The number of nitrogens with one attached hydrogen (secondary N) is 2. The zero-order valence-electron chi connectivity index (χ0n) is 8.75. The van der Waals surface area contributed by atoms with E-state index in [-0.39, 0.29) is 6.42 Å². The molecule has 0 saturated heterocycles. The summed E-state index contributed by atoms with van der Waals surface area (Å²) in [5.74, 6) is -1.08. The number of aliphatic carboxylic acids is 1. The van der Waals surface area contributed by atoms with E-state index in [1.165, 1.54) is 6.08 Å². The molecule has 0 aliphatic carbocycles. The first-order valence-corrected chi connectivity index (χ1v) is 4.49. The Labute approximate surface area is 88.9 Å². The molecule has 5 heteroatoms. The van der Waals surface area contributed by atoms with Gasteiger partial charge in [0.15, 0.2) is 0 Å². The highest BCUT2D eigenvalue weighted by molar-refractivity contribution is 5.82. The molecule has 0 aromatic rings. The van der Waals surface area contributed by atoms with E-state index in [2.05, 4.69) is 23.8 Å². The van der Waals surface area contributed by atoms with Crippen LogP contribution in [0.2, 0.25) is 0 Å². The first-order valence-electron chi connectivity index (χ1n) is 4.49. The van der Waals surface area contributed by atoms with Crippen molar-refractivity contribution in [1.82, 2.24) is 10.6 Å². The summed E-state index contributed by atoms with van der Waals surface area (Å²) in [6, 6.07) is -1.46. The number of rotatable bonds is 6. The number of urea groups is 1. The first-order chi connectivity index (χ1) is 6.97. The standard InChI is InChI=1S/C10H16N2O3/c1-4-5-8(9(13)14)12-10(15)11-6-7(2)3/h4,8H,1-2,5-6H2,3H3,(H,13,14)(H2,11,12,15). The summed E-state index contributed by atoms with van der Waals surface area (Å²) in [6.07, 6.45) is 1.63. The Balaban J connectivity index is 4.05. The fraction of sp³-hybridized carbons (Fsp3) is 0.400. The lowest BCUT2D eigenvalue weighted by Gasteiger charge is -2.13. The van der Waals surface area contributed by atoms with E-state index in [4.69, 9.17) is 5.11 Å². The minimum atomic E-state index is -1.08. The van der Waals surface area contributed by atoms with Gasteiger partial charge in [-0.15, -0.1) is 6.58 Å². The summed E-state index contributed by atoms with van der Waals surface area (Å²) in [4.78, 5) is 21.8. The zero-order valence-corrected chi connectivity index (χ0v) is 8.75. The minimum Gasteiger partial charge on any atom is -0.480 e. The quantitative estimate of drug-likeness (QED) is 0.572. The normalized spacial score (nSPS) is 11.3. The van der Waals surface area contributed by atoms with Crippen molar-refractivity contribution in [3.63, 3.8) is 0 Å². The van der Waals surface area contributed by atoms with Crippen LogP contribution >= 0.6 is 0 Å². The van der Waals surface area contributed by atoms with Crippen LogP contribution in [0.3, 0.4) is 0 Å². The van der Waals surface area contributed by atoms with E-state index >= 15 is 0 Å². The average molecular weight is 212 g/mol. The van der Waals surface area contributed by atoms with E-state index in [1.54, 1.807) is 6.92 Å². The van der Waals surface area contributed by atoms with Gasteiger partial charge in [-0.1, -0.05) is 18.2 Å². The van der Waals surface area contributed by atoms with Gasteiger partial charge in [-0.25, -0.2) is 9.59 Å². The molecule has 1 atom stereocenters. The third-order valence-corrected chi connectivity index (χ3v) is 1.56. The summed E-state index contributed by atoms with van der Waals surface area (Å²) in [5.41, 5.74) is 0.792. The van der Waals surface area contributed by atoms with Gasteiger partial charge in [0.2, 0.25) is 0 Å². The van der Waals surface area contributed by atoms with Crippen molar-refractivity contribution in [2.45, 2.75) is 19.4 Å². The molecule has 2 amide bonds. The van der Waals surface area contributed by atoms with Crippen LogP contribution < -0.4 is 10.6 Å². The predicted molar refractivity (Wildman–Crippen MR) is 57.6 cm³/mol. The highest BCUT2D eigenvalue weighted by atomic mass is 16.4. The van der Waals surface area contributed by atoms with Crippen LogP contribution in [0.4, 0.5) is 4.79 Å². The molecule has 0 aliphatic heterocycles. The van der Waals surface area contributed by atoms with Gasteiger partial charge in [-0.2, -0.15) is 0 Å². The Morgan fingerprint density at radius 1 is 1.53 bits per heavy atom. The van der Waals surface area contributed by atoms with Crippen molar-refractivity contribution in [3.8, 4) is 0 Å². The summed E-state index contributed by atoms with van der Waals surface area (Å²) >= 11 is 0. The van der Waals surface area contributed by atoms with Crippen molar-refractivity contribution in [2.75, 3.05) is 6.54 Å². The molecule has 0 fully saturated rings. The molecule has 0 aromatic carbocycles. The number of amides is 2. The molecule has 15 heavy (non-hydrogen) atoms. The van der Waals surface area contributed by atoms with Gasteiger partial charge in [0, 0.05) is 6.54 Å². The number of carboxylic acid groups (broad SMARTS) is 1. The topological polar surface area (TPSA) is 78.4 Å². The zero-order chi connectivity index (χ0) is 11.8. The maximum absolute atomic E-state index is 11.2. The average Bonchev–Trinajstić information content (AvgIpc) is 2.14. The minimum absolute atomic E-state index is 0.190.